The van der Waals surface area contributed by atoms with Crippen LogP contribution in [-0.4, -0.2) is 42.3 Å². The Morgan fingerprint density at radius 3 is 2.39 bits per heavy atom. The van der Waals surface area contributed by atoms with Gasteiger partial charge in [-0.25, -0.2) is 14.5 Å². The Kier molecular flexibility index (Phi) is 7.35. The molecule has 0 saturated carbocycles. The number of hydrogen-bond acceptors (Lipinski definition) is 4. The van der Waals surface area contributed by atoms with Crippen molar-refractivity contribution in [3.05, 3.63) is 0 Å². The Balaban J connectivity index is 4.44. The normalized spacial score (nSPS) is 10.9. The largest absolute Gasteiger partial charge is 0.443 e. The molecule has 0 fully saturated rings. The van der Waals surface area contributed by atoms with E-state index in [9.17, 15) is 9.59 Å². The monoisotopic (exact) mass is 259 g/mol. The highest BCUT2D eigenvalue weighted by Crippen LogP contribution is 2.09. The molecule has 0 atom stereocenters. The maximum absolute atomic E-state index is 11.8. The molecule has 6 nitrogen and oxygen atoms in total. The second-order valence-corrected chi connectivity index (χ2v) is 5.01. The molecule has 0 saturated heterocycles. The molecule has 0 rings (SSSR count). The highest BCUT2D eigenvalue weighted by atomic mass is 16.6. The maximum Gasteiger partial charge on any atom is 0.418 e. The van der Waals surface area contributed by atoms with Gasteiger partial charge in [0.15, 0.2) is 0 Å². The smallest absolute Gasteiger partial charge is 0.418 e. The van der Waals surface area contributed by atoms with E-state index in [4.69, 9.17) is 10.5 Å². The quantitative estimate of drug-likeness (QED) is 0.736. The minimum absolute atomic E-state index is 0.146. The first-order chi connectivity index (χ1) is 8.31. The van der Waals surface area contributed by atoms with Crippen molar-refractivity contribution in [2.75, 3.05) is 19.6 Å². The summed E-state index contributed by atoms with van der Waals surface area (Å²) in [6.07, 6.45) is 1.18. The number of imide groups is 1. The molecule has 0 heterocycles. The Hall–Kier alpha value is -1.30. The summed E-state index contributed by atoms with van der Waals surface area (Å²) in [5, 5.41) is 2.67. The highest BCUT2D eigenvalue weighted by molar-refractivity contribution is 5.91. The van der Waals surface area contributed by atoms with Gasteiger partial charge < -0.3 is 15.8 Å². The van der Waals surface area contributed by atoms with Crippen LogP contribution in [0.3, 0.4) is 0 Å². The van der Waals surface area contributed by atoms with Crippen molar-refractivity contribution >= 4 is 12.1 Å². The summed E-state index contributed by atoms with van der Waals surface area (Å²) in [4.78, 5) is 24.6. The predicted octanol–water partition coefficient (Wildman–Crippen LogP) is 1.69. The molecule has 0 aliphatic heterocycles. The Morgan fingerprint density at radius 1 is 1.33 bits per heavy atom. The van der Waals surface area contributed by atoms with E-state index in [2.05, 4.69) is 5.32 Å². The van der Waals surface area contributed by atoms with Gasteiger partial charge in [0, 0.05) is 19.6 Å². The van der Waals surface area contributed by atoms with Gasteiger partial charge in [0.2, 0.25) is 0 Å². The van der Waals surface area contributed by atoms with Crippen molar-refractivity contribution in [2.24, 2.45) is 5.73 Å². The summed E-state index contributed by atoms with van der Waals surface area (Å²) in [6, 6.07) is -0.455. The van der Waals surface area contributed by atoms with Crippen molar-refractivity contribution in [3.63, 3.8) is 0 Å². The summed E-state index contributed by atoms with van der Waals surface area (Å²) in [5.41, 5.74) is 4.76. The van der Waals surface area contributed by atoms with Gasteiger partial charge in [-0.3, -0.25) is 0 Å². The molecular formula is C12H25N3O3. The molecule has 0 aromatic heterocycles. The van der Waals surface area contributed by atoms with E-state index >= 15 is 0 Å². The summed E-state index contributed by atoms with van der Waals surface area (Å²) in [7, 11) is 0. The van der Waals surface area contributed by atoms with Crippen molar-refractivity contribution in [2.45, 2.75) is 46.1 Å². The topological polar surface area (TPSA) is 84.7 Å². The van der Waals surface area contributed by atoms with E-state index in [0.717, 1.165) is 17.7 Å². The Morgan fingerprint density at radius 2 is 1.94 bits per heavy atom. The van der Waals surface area contributed by atoms with Crippen LogP contribution in [0.15, 0.2) is 0 Å². The molecule has 0 bridgehead atoms. The molecule has 6 heteroatoms. The lowest BCUT2D eigenvalue weighted by atomic mass is 10.2. The van der Waals surface area contributed by atoms with E-state index in [1.165, 1.54) is 0 Å². The first kappa shape index (κ1) is 16.7. The van der Waals surface area contributed by atoms with Gasteiger partial charge in [-0.1, -0.05) is 13.3 Å². The number of carbonyl (C=O) groups excluding carboxylic acids is 2. The number of nitrogens with zero attached hydrogens (tertiary/aromatic N) is 1. The third-order valence-corrected chi connectivity index (χ3v) is 2.02. The van der Waals surface area contributed by atoms with Gasteiger partial charge in [-0.05, 0) is 27.2 Å². The lowest BCUT2D eigenvalue weighted by molar-refractivity contribution is 0.0325. The second kappa shape index (κ2) is 7.92. The van der Waals surface area contributed by atoms with Crippen molar-refractivity contribution in [3.8, 4) is 0 Å². The molecular weight excluding hydrogens is 234 g/mol. The van der Waals surface area contributed by atoms with Crippen molar-refractivity contribution < 1.29 is 14.3 Å². The number of unbranched alkanes of at least 4 members (excludes halogenated alkanes) is 1. The van der Waals surface area contributed by atoms with Crippen molar-refractivity contribution in [1.82, 2.24) is 10.2 Å². The van der Waals surface area contributed by atoms with Crippen LogP contribution in [0.25, 0.3) is 0 Å². The number of hydrogen-bond donors (Lipinski definition) is 2. The summed E-state index contributed by atoms with van der Waals surface area (Å²) in [6.45, 7) is 8.17. The summed E-state index contributed by atoms with van der Waals surface area (Å²) >= 11 is 0. The molecule has 106 valence electrons. The maximum atomic E-state index is 11.8. The van der Waals surface area contributed by atoms with Gasteiger partial charge in [0.1, 0.15) is 5.60 Å². The van der Waals surface area contributed by atoms with Crippen LogP contribution in [-0.2, 0) is 4.74 Å². The molecule has 0 unspecified atom stereocenters. The zero-order chi connectivity index (χ0) is 14.2. The molecule has 0 aliphatic carbocycles. The van der Waals surface area contributed by atoms with E-state index in [1.807, 2.05) is 6.92 Å². The molecule has 18 heavy (non-hydrogen) atoms. The Bertz CT molecular complexity index is 274. The lowest BCUT2D eigenvalue weighted by Crippen LogP contribution is -2.48. The van der Waals surface area contributed by atoms with E-state index in [1.54, 1.807) is 20.8 Å². The first-order valence-corrected chi connectivity index (χ1v) is 6.30. The van der Waals surface area contributed by atoms with Gasteiger partial charge >= 0.3 is 12.1 Å². The molecule has 0 radical (unpaired) electrons. The minimum atomic E-state index is -0.665. The zero-order valence-corrected chi connectivity index (χ0v) is 11.8. The third-order valence-electron chi connectivity index (χ3n) is 2.02. The number of urea groups is 1. The molecule has 0 spiro atoms. The van der Waals surface area contributed by atoms with Gasteiger partial charge in [0.25, 0.3) is 0 Å². The molecule has 3 N–H and O–H groups in total. The SMILES string of the molecule is CCCCNC(=O)N(CCN)C(=O)OC(C)(C)C. The van der Waals surface area contributed by atoms with Gasteiger partial charge in [-0.2, -0.15) is 0 Å². The average Bonchev–Trinajstić information content (AvgIpc) is 2.23. The standard InChI is InChI=1S/C12H25N3O3/c1-5-6-8-14-10(16)15(9-7-13)11(17)18-12(2,3)4/h5-9,13H2,1-4H3,(H,14,16). The van der Waals surface area contributed by atoms with Crippen LogP contribution < -0.4 is 11.1 Å². The van der Waals surface area contributed by atoms with E-state index in [0.29, 0.717) is 6.54 Å². The lowest BCUT2D eigenvalue weighted by Gasteiger charge is -2.26. The predicted molar refractivity (Wildman–Crippen MR) is 70.3 cm³/mol. The number of nitrogens with one attached hydrogen (secondary N) is 1. The fourth-order valence-electron chi connectivity index (χ4n) is 1.19. The number of rotatable bonds is 5. The van der Waals surface area contributed by atoms with E-state index < -0.39 is 17.7 Å². The third kappa shape index (κ3) is 7.11. The van der Waals surface area contributed by atoms with Gasteiger partial charge in [0.05, 0.1) is 0 Å². The number of carbonyl (C=O) groups is 2. The number of nitrogens with two attached hydrogens (primary N) is 1. The number of amides is 3. The Labute approximate surface area is 109 Å². The summed E-state index contributed by atoms with van der Waals surface area (Å²) < 4.78 is 5.15. The fraction of sp³-hybridized carbons (Fsp3) is 0.833. The first-order valence-electron chi connectivity index (χ1n) is 6.30. The zero-order valence-electron chi connectivity index (χ0n) is 11.8. The van der Waals surface area contributed by atoms with E-state index in [-0.39, 0.29) is 13.1 Å². The molecule has 0 aromatic rings. The van der Waals surface area contributed by atoms with Crippen LogP contribution in [0.4, 0.5) is 9.59 Å². The van der Waals surface area contributed by atoms with Crippen LogP contribution in [0.1, 0.15) is 40.5 Å². The minimum Gasteiger partial charge on any atom is -0.443 e. The van der Waals surface area contributed by atoms with Crippen LogP contribution in [0.5, 0.6) is 0 Å². The van der Waals surface area contributed by atoms with Gasteiger partial charge in [-0.15, -0.1) is 0 Å². The van der Waals surface area contributed by atoms with Crippen molar-refractivity contribution in [1.29, 1.82) is 0 Å². The van der Waals surface area contributed by atoms with Crippen LogP contribution in [0.2, 0.25) is 0 Å². The molecule has 0 aromatic carbocycles. The molecule has 3 amide bonds. The second-order valence-electron chi connectivity index (χ2n) is 5.01. The molecule has 0 aliphatic rings. The average molecular weight is 259 g/mol. The van der Waals surface area contributed by atoms with Crippen LogP contribution in [0, 0.1) is 0 Å². The summed E-state index contributed by atoms with van der Waals surface area (Å²) in [5.74, 6) is 0. The van der Waals surface area contributed by atoms with Crippen LogP contribution >= 0.6 is 0 Å². The highest BCUT2D eigenvalue weighted by Gasteiger charge is 2.26. The fourth-order valence-corrected chi connectivity index (χ4v) is 1.19. The number of ether oxygens (including phenoxy) is 1.